The van der Waals surface area contributed by atoms with E-state index in [0.29, 0.717) is 0 Å². The third-order valence-electron chi connectivity index (χ3n) is 5.15. The maximum absolute atomic E-state index is 12.8. The fraction of sp³-hybridized carbons (Fsp3) is 0.250. The third-order valence-corrected chi connectivity index (χ3v) is 6.59. The Morgan fingerprint density at radius 3 is 1.93 bits per heavy atom. The second-order valence-corrected chi connectivity index (χ2v) is 8.88. The Hall–Kier alpha value is -2.63. The van der Waals surface area contributed by atoms with Crippen LogP contribution in [-0.4, -0.2) is 21.5 Å². The molecule has 0 amide bonds. The SMILES string of the molecule is CCN(c1c(C)cccc1C)[C@@H](CNS(=O)(=O)c1ccccc1)c1ccccc1. The van der Waals surface area contributed by atoms with Crippen LogP contribution in [0.2, 0.25) is 0 Å². The lowest BCUT2D eigenvalue weighted by Gasteiger charge is -2.35. The number of para-hydroxylation sites is 1. The minimum absolute atomic E-state index is 0.125. The van der Waals surface area contributed by atoms with Gasteiger partial charge in [0.25, 0.3) is 0 Å². The van der Waals surface area contributed by atoms with Crippen LogP contribution < -0.4 is 9.62 Å². The molecule has 1 atom stereocenters. The number of benzene rings is 3. The Morgan fingerprint density at radius 1 is 0.828 bits per heavy atom. The van der Waals surface area contributed by atoms with Crippen LogP contribution in [0.25, 0.3) is 0 Å². The molecule has 0 aliphatic heterocycles. The maximum atomic E-state index is 12.8. The summed E-state index contributed by atoms with van der Waals surface area (Å²) in [6, 6.07) is 24.7. The molecule has 0 radical (unpaired) electrons. The molecular formula is C24H28N2O2S. The summed E-state index contributed by atoms with van der Waals surface area (Å²) in [7, 11) is -3.58. The van der Waals surface area contributed by atoms with Crippen LogP contribution in [0, 0.1) is 13.8 Å². The first-order valence-electron chi connectivity index (χ1n) is 9.86. The summed E-state index contributed by atoms with van der Waals surface area (Å²) < 4.78 is 28.5. The maximum Gasteiger partial charge on any atom is 0.240 e. The van der Waals surface area contributed by atoms with E-state index in [1.165, 1.54) is 11.1 Å². The molecule has 4 nitrogen and oxygen atoms in total. The topological polar surface area (TPSA) is 49.4 Å². The van der Waals surface area contributed by atoms with Gasteiger partial charge in [-0.05, 0) is 49.6 Å². The van der Waals surface area contributed by atoms with Crippen LogP contribution >= 0.6 is 0 Å². The third kappa shape index (κ3) is 4.86. The molecule has 0 aliphatic carbocycles. The molecular weight excluding hydrogens is 380 g/mol. The lowest BCUT2D eigenvalue weighted by Crippen LogP contribution is -2.38. The van der Waals surface area contributed by atoms with Crippen LogP contribution in [-0.2, 0) is 10.0 Å². The van der Waals surface area contributed by atoms with E-state index in [1.54, 1.807) is 24.3 Å². The first-order chi connectivity index (χ1) is 13.9. The number of sulfonamides is 1. The number of aryl methyl sites for hydroxylation is 2. The highest BCUT2D eigenvalue weighted by Gasteiger charge is 2.24. The Labute approximate surface area is 174 Å². The standard InChI is InChI=1S/C24H28N2O2S/c1-4-26(24-19(2)12-11-13-20(24)3)23(21-14-7-5-8-15-21)18-25-29(27,28)22-16-9-6-10-17-22/h5-17,23,25H,4,18H2,1-3H3/t23-/m0/s1. The van der Waals surface area contributed by atoms with Gasteiger partial charge >= 0.3 is 0 Å². The van der Waals surface area contributed by atoms with Crippen molar-refractivity contribution in [3.63, 3.8) is 0 Å². The molecule has 0 unspecified atom stereocenters. The predicted molar refractivity (Wildman–Crippen MR) is 120 cm³/mol. The number of rotatable bonds is 8. The molecule has 0 aliphatic rings. The van der Waals surface area contributed by atoms with E-state index >= 15 is 0 Å². The zero-order chi connectivity index (χ0) is 20.9. The summed E-state index contributed by atoms with van der Waals surface area (Å²) in [5.74, 6) is 0. The number of hydrogen-bond acceptors (Lipinski definition) is 3. The Kier molecular flexibility index (Phi) is 6.72. The smallest absolute Gasteiger partial charge is 0.240 e. The average Bonchev–Trinajstić information content (AvgIpc) is 2.73. The molecule has 0 fully saturated rings. The highest BCUT2D eigenvalue weighted by molar-refractivity contribution is 7.89. The largest absolute Gasteiger partial charge is 0.363 e. The van der Waals surface area contributed by atoms with Crippen molar-refractivity contribution in [2.24, 2.45) is 0 Å². The number of nitrogens with one attached hydrogen (secondary N) is 1. The minimum Gasteiger partial charge on any atom is -0.363 e. The van der Waals surface area contributed by atoms with Crippen molar-refractivity contribution in [2.75, 3.05) is 18.0 Å². The van der Waals surface area contributed by atoms with Crippen molar-refractivity contribution < 1.29 is 8.42 Å². The van der Waals surface area contributed by atoms with Crippen LogP contribution in [0.15, 0.2) is 83.8 Å². The molecule has 3 rings (SSSR count). The van der Waals surface area contributed by atoms with E-state index in [1.807, 2.05) is 24.3 Å². The van der Waals surface area contributed by atoms with E-state index in [9.17, 15) is 8.42 Å². The van der Waals surface area contributed by atoms with Gasteiger partial charge in [-0.1, -0.05) is 66.7 Å². The number of likely N-dealkylation sites (N-methyl/N-ethyl adjacent to an activating group) is 1. The van der Waals surface area contributed by atoms with Crippen LogP contribution in [0.3, 0.4) is 0 Å². The second kappa shape index (κ2) is 9.25. The van der Waals surface area contributed by atoms with Crippen LogP contribution in [0.1, 0.15) is 29.7 Å². The molecule has 0 spiro atoms. The van der Waals surface area contributed by atoms with Gasteiger partial charge in [0.15, 0.2) is 0 Å². The Morgan fingerprint density at radius 2 is 1.38 bits per heavy atom. The summed E-state index contributed by atoms with van der Waals surface area (Å²) in [5, 5.41) is 0. The fourth-order valence-corrected chi connectivity index (χ4v) is 4.81. The molecule has 5 heteroatoms. The molecule has 0 aromatic heterocycles. The van der Waals surface area contributed by atoms with Gasteiger partial charge in [0.2, 0.25) is 10.0 Å². The fourth-order valence-electron chi connectivity index (χ4n) is 3.75. The zero-order valence-corrected chi connectivity index (χ0v) is 18.0. The normalized spacial score (nSPS) is 12.5. The number of anilines is 1. The van der Waals surface area contributed by atoms with E-state index < -0.39 is 10.0 Å². The van der Waals surface area contributed by atoms with Crippen molar-refractivity contribution in [2.45, 2.75) is 31.7 Å². The van der Waals surface area contributed by atoms with Gasteiger partial charge in [-0.25, -0.2) is 13.1 Å². The van der Waals surface area contributed by atoms with Crippen molar-refractivity contribution >= 4 is 15.7 Å². The first kappa shape index (κ1) is 21.1. The van der Waals surface area contributed by atoms with Crippen LogP contribution in [0.4, 0.5) is 5.69 Å². The monoisotopic (exact) mass is 408 g/mol. The Bertz CT molecular complexity index is 1010. The van der Waals surface area contributed by atoms with Crippen LogP contribution in [0.5, 0.6) is 0 Å². The lowest BCUT2D eigenvalue weighted by atomic mass is 10.0. The van der Waals surface area contributed by atoms with E-state index in [0.717, 1.165) is 17.8 Å². The highest BCUT2D eigenvalue weighted by Crippen LogP contribution is 2.32. The molecule has 0 heterocycles. The van der Waals surface area contributed by atoms with Gasteiger partial charge in [-0.3, -0.25) is 0 Å². The average molecular weight is 409 g/mol. The van der Waals surface area contributed by atoms with Gasteiger partial charge in [0.1, 0.15) is 0 Å². The zero-order valence-electron chi connectivity index (χ0n) is 17.2. The summed E-state index contributed by atoms with van der Waals surface area (Å²) >= 11 is 0. The van der Waals surface area contributed by atoms with E-state index in [-0.39, 0.29) is 17.5 Å². The lowest BCUT2D eigenvalue weighted by molar-refractivity contribution is 0.561. The van der Waals surface area contributed by atoms with Crippen molar-refractivity contribution in [3.05, 3.63) is 95.6 Å². The predicted octanol–water partition coefficient (Wildman–Crippen LogP) is 4.85. The van der Waals surface area contributed by atoms with E-state index in [2.05, 4.69) is 60.7 Å². The van der Waals surface area contributed by atoms with Gasteiger partial charge in [0.05, 0.1) is 10.9 Å². The molecule has 0 bridgehead atoms. The minimum atomic E-state index is -3.58. The van der Waals surface area contributed by atoms with Gasteiger partial charge in [-0.2, -0.15) is 0 Å². The number of hydrogen-bond donors (Lipinski definition) is 1. The summed E-state index contributed by atoms with van der Waals surface area (Å²) in [6.07, 6.45) is 0. The molecule has 29 heavy (non-hydrogen) atoms. The van der Waals surface area contributed by atoms with Gasteiger partial charge in [0, 0.05) is 18.8 Å². The quantitative estimate of drug-likeness (QED) is 0.580. The van der Waals surface area contributed by atoms with Gasteiger partial charge in [-0.15, -0.1) is 0 Å². The highest BCUT2D eigenvalue weighted by atomic mass is 32.2. The Balaban J connectivity index is 1.97. The summed E-state index contributed by atoms with van der Waals surface area (Å²) in [5.41, 5.74) is 4.59. The summed E-state index contributed by atoms with van der Waals surface area (Å²) in [6.45, 7) is 7.34. The number of nitrogens with zero attached hydrogens (tertiary/aromatic N) is 1. The van der Waals surface area contributed by atoms with E-state index in [4.69, 9.17) is 0 Å². The molecule has 0 saturated carbocycles. The second-order valence-electron chi connectivity index (χ2n) is 7.12. The molecule has 0 saturated heterocycles. The summed E-state index contributed by atoms with van der Waals surface area (Å²) in [4.78, 5) is 2.56. The van der Waals surface area contributed by atoms with Crippen molar-refractivity contribution in [1.29, 1.82) is 0 Å². The molecule has 152 valence electrons. The van der Waals surface area contributed by atoms with Gasteiger partial charge < -0.3 is 4.90 Å². The first-order valence-corrected chi connectivity index (χ1v) is 11.3. The molecule has 3 aromatic carbocycles. The van der Waals surface area contributed by atoms with Crippen molar-refractivity contribution in [3.8, 4) is 0 Å². The molecule has 3 aromatic rings. The molecule has 1 N–H and O–H groups in total. The van der Waals surface area contributed by atoms with Crippen molar-refractivity contribution in [1.82, 2.24) is 4.72 Å².